The number of primary amides is 1. The van der Waals surface area contributed by atoms with Crippen LogP contribution in [-0.2, 0) is 10.2 Å². The van der Waals surface area contributed by atoms with Crippen molar-refractivity contribution >= 4 is 28.9 Å². The van der Waals surface area contributed by atoms with Gasteiger partial charge in [0.1, 0.15) is 29.3 Å². The summed E-state index contributed by atoms with van der Waals surface area (Å²) >= 11 is 5.96. The highest BCUT2D eigenvalue weighted by atomic mass is 35.5. The number of hydrogen-bond donors (Lipinski definition) is 2. The molecule has 2 amide bonds. The first-order valence-electron chi connectivity index (χ1n) is 14.4. The second-order valence-electron chi connectivity index (χ2n) is 12.0. The molecule has 4 aromatic rings. The lowest BCUT2D eigenvalue weighted by molar-refractivity contribution is -0.123. The zero-order chi connectivity index (χ0) is 29.2. The van der Waals surface area contributed by atoms with E-state index < -0.39 is 17.1 Å². The molecule has 216 valence electrons. The Morgan fingerprint density at radius 3 is 2.69 bits per heavy atom. The number of pyridine rings is 2. The van der Waals surface area contributed by atoms with Crippen molar-refractivity contribution in [1.29, 1.82) is 0 Å². The van der Waals surface area contributed by atoms with Crippen molar-refractivity contribution in [3.8, 4) is 17.0 Å². The van der Waals surface area contributed by atoms with Gasteiger partial charge >= 0.3 is 0 Å². The second-order valence-corrected chi connectivity index (χ2v) is 12.4. The Labute approximate surface area is 247 Å². The number of hydrogen-bond acceptors (Lipinski definition) is 5. The van der Waals surface area contributed by atoms with E-state index in [0.29, 0.717) is 52.2 Å². The van der Waals surface area contributed by atoms with Crippen LogP contribution < -0.4 is 15.8 Å². The Kier molecular flexibility index (Phi) is 6.46. The zero-order valence-corrected chi connectivity index (χ0v) is 24.0. The van der Waals surface area contributed by atoms with Gasteiger partial charge in [-0.3, -0.25) is 9.59 Å². The molecule has 7 rings (SSSR count). The van der Waals surface area contributed by atoms with Gasteiger partial charge in [-0.1, -0.05) is 24.1 Å². The number of nitrogens with two attached hydrogens (primary N) is 1. The van der Waals surface area contributed by atoms with Crippen LogP contribution >= 0.6 is 11.6 Å². The molecule has 3 N–H and O–H groups in total. The van der Waals surface area contributed by atoms with Crippen LogP contribution in [0.5, 0.6) is 5.75 Å². The number of aromatic nitrogens is 3. The normalized spacial score (nSPS) is 20.5. The number of halogens is 2. The van der Waals surface area contributed by atoms with Gasteiger partial charge in [-0.25, -0.2) is 13.9 Å². The molecular weight excluding hydrogens is 557 g/mol. The van der Waals surface area contributed by atoms with Gasteiger partial charge in [0.05, 0.1) is 16.2 Å². The summed E-state index contributed by atoms with van der Waals surface area (Å²) in [6, 6.07) is 12.1. The van der Waals surface area contributed by atoms with Gasteiger partial charge in [0.2, 0.25) is 5.91 Å². The molecule has 0 unspecified atom stereocenters. The highest BCUT2D eigenvalue weighted by Crippen LogP contribution is 2.47. The number of fused-ring (bicyclic) bond motifs is 2. The molecule has 0 bridgehead atoms. The molecule has 1 aromatic carbocycles. The third kappa shape index (κ3) is 4.60. The number of amides is 2. The summed E-state index contributed by atoms with van der Waals surface area (Å²) in [6.45, 7) is 2.17. The molecule has 42 heavy (non-hydrogen) atoms. The van der Waals surface area contributed by atoms with Gasteiger partial charge in [0.25, 0.3) is 5.91 Å². The maximum Gasteiger partial charge on any atom is 0.251 e. The maximum absolute atomic E-state index is 14.5. The molecule has 0 spiro atoms. The van der Waals surface area contributed by atoms with Crippen molar-refractivity contribution in [2.24, 2.45) is 11.7 Å². The fourth-order valence-corrected chi connectivity index (χ4v) is 6.15. The van der Waals surface area contributed by atoms with Crippen LogP contribution in [0.2, 0.25) is 5.02 Å². The third-order valence-electron chi connectivity index (χ3n) is 9.15. The van der Waals surface area contributed by atoms with Gasteiger partial charge in [-0.05, 0) is 74.9 Å². The van der Waals surface area contributed by atoms with Gasteiger partial charge in [-0.15, -0.1) is 0 Å². The summed E-state index contributed by atoms with van der Waals surface area (Å²) in [5.74, 6) is -0.150. The molecule has 1 aliphatic heterocycles. The molecule has 2 aliphatic carbocycles. The Morgan fingerprint density at radius 2 is 2.00 bits per heavy atom. The van der Waals surface area contributed by atoms with Crippen molar-refractivity contribution in [1.82, 2.24) is 19.9 Å². The van der Waals surface area contributed by atoms with E-state index in [-0.39, 0.29) is 23.5 Å². The van der Waals surface area contributed by atoms with Crippen molar-refractivity contribution in [3.63, 3.8) is 0 Å². The SMILES string of the molecule is C[C@]1(C(N)=O)COc2c1cc([C@@H](CNC(=O)c1ccn3nc(C4CC4)cc3c1)C1CCC1)nc2-c1ccc(Cl)c(F)c1. The lowest BCUT2D eigenvalue weighted by atomic mass is 9.73. The lowest BCUT2D eigenvalue weighted by Gasteiger charge is -2.34. The Morgan fingerprint density at radius 1 is 1.19 bits per heavy atom. The Bertz CT molecular complexity index is 1750. The van der Waals surface area contributed by atoms with E-state index in [0.717, 1.165) is 43.3 Å². The minimum absolute atomic E-state index is 0.00220. The number of carbonyl (C=O) groups is 2. The Hall–Kier alpha value is -3.98. The Balaban J connectivity index is 1.23. The third-order valence-corrected chi connectivity index (χ3v) is 9.46. The van der Waals surface area contributed by atoms with Crippen LogP contribution in [0.1, 0.15) is 78.2 Å². The van der Waals surface area contributed by atoms with E-state index in [1.807, 2.05) is 22.8 Å². The molecule has 0 radical (unpaired) electrons. The smallest absolute Gasteiger partial charge is 0.251 e. The molecule has 0 saturated heterocycles. The van der Waals surface area contributed by atoms with Crippen molar-refractivity contribution in [3.05, 3.63) is 82.0 Å². The number of carbonyl (C=O) groups excluding carboxylic acids is 2. The highest BCUT2D eigenvalue weighted by Gasteiger charge is 2.45. The molecule has 4 heterocycles. The van der Waals surface area contributed by atoms with Gasteiger partial charge in [0.15, 0.2) is 0 Å². The predicted molar refractivity (Wildman–Crippen MR) is 156 cm³/mol. The number of nitrogens with zero attached hydrogens (tertiary/aromatic N) is 3. The number of nitrogens with one attached hydrogen (secondary N) is 1. The molecule has 2 fully saturated rings. The van der Waals surface area contributed by atoms with Crippen LogP contribution in [-0.4, -0.2) is 39.6 Å². The predicted octanol–water partition coefficient (Wildman–Crippen LogP) is 5.52. The monoisotopic (exact) mass is 587 g/mol. The van der Waals surface area contributed by atoms with E-state index in [9.17, 15) is 14.0 Å². The van der Waals surface area contributed by atoms with E-state index >= 15 is 0 Å². The summed E-state index contributed by atoms with van der Waals surface area (Å²) in [7, 11) is 0. The van der Waals surface area contributed by atoms with E-state index in [1.165, 1.54) is 12.1 Å². The largest absolute Gasteiger partial charge is 0.489 e. The molecule has 3 aliphatic rings. The van der Waals surface area contributed by atoms with Crippen molar-refractivity contribution < 1.29 is 18.7 Å². The number of ether oxygens (including phenoxy) is 1. The fraction of sp³-hybridized carbons (Fsp3) is 0.375. The van der Waals surface area contributed by atoms with Gasteiger partial charge in [-0.2, -0.15) is 5.10 Å². The number of benzene rings is 1. The average Bonchev–Trinajstić information content (AvgIpc) is 3.62. The van der Waals surface area contributed by atoms with Crippen LogP contribution in [0, 0.1) is 11.7 Å². The summed E-state index contributed by atoms with van der Waals surface area (Å²) in [5.41, 5.74) is 9.55. The maximum atomic E-state index is 14.5. The minimum Gasteiger partial charge on any atom is -0.489 e. The average molecular weight is 588 g/mol. The molecule has 2 atom stereocenters. The van der Waals surface area contributed by atoms with Crippen molar-refractivity contribution in [2.75, 3.05) is 13.2 Å². The molecular formula is C32H31ClFN5O3. The van der Waals surface area contributed by atoms with E-state index in [2.05, 4.69) is 16.5 Å². The summed E-state index contributed by atoms with van der Waals surface area (Å²) in [4.78, 5) is 30.9. The van der Waals surface area contributed by atoms with E-state index in [1.54, 1.807) is 19.1 Å². The highest BCUT2D eigenvalue weighted by molar-refractivity contribution is 6.30. The van der Waals surface area contributed by atoms with Gasteiger partial charge in [0, 0.05) is 47.0 Å². The first kappa shape index (κ1) is 26.9. The summed E-state index contributed by atoms with van der Waals surface area (Å²) in [6.07, 6.45) is 7.24. The molecule has 3 aromatic heterocycles. The van der Waals surface area contributed by atoms with Crippen LogP contribution in [0.4, 0.5) is 4.39 Å². The molecule has 10 heteroatoms. The summed E-state index contributed by atoms with van der Waals surface area (Å²) in [5, 5.41) is 7.76. The fourth-order valence-electron chi connectivity index (χ4n) is 6.03. The zero-order valence-electron chi connectivity index (χ0n) is 23.2. The standard InChI is InChI=1S/C32H31ClFN5O3/c1-32(31(35)41)16-42-29-23(32)14-27(37-28(29)19-7-8-24(33)25(34)12-19)22(17-3-2-4-17)15-36-30(40)20-9-10-39-21(11-20)13-26(38-39)18-5-6-18/h7-14,17-18,22H,2-6,15-16H2,1H3,(H2,35,41)(H,36,40)/t22-,32-/m0/s1. The molecule has 2 saturated carbocycles. The van der Waals surface area contributed by atoms with E-state index in [4.69, 9.17) is 27.1 Å². The first-order chi connectivity index (χ1) is 20.2. The molecule has 8 nitrogen and oxygen atoms in total. The van der Waals surface area contributed by atoms with Crippen LogP contribution in [0.15, 0.2) is 48.7 Å². The van der Waals surface area contributed by atoms with Gasteiger partial charge < -0.3 is 15.8 Å². The van der Waals surface area contributed by atoms with Crippen LogP contribution in [0.25, 0.3) is 16.8 Å². The van der Waals surface area contributed by atoms with Crippen LogP contribution in [0.3, 0.4) is 0 Å². The first-order valence-corrected chi connectivity index (χ1v) is 14.8. The number of rotatable bonds is 8. The summed E-state index contributed by atoms with van der Waals surface area (Å²) < 4.78 is 22.3. The topological polar surface area (TPSA) is 112 Å². The van der Waals surface area contributed by atoms with Crippen molar-refractivity contribution in [2.45, 2.75) is 56.3 Å². The quantitative estimate of drug-likeness (QED) is 0.282. The second kappa shape index (κ2) is 10.1. The minimum atomic E-state index is -1.07. The lowest BCUT2D eigenvalue weighted by Crippen LogP contribution is -2.40.